The van der Waals surface area contributed by atoms with Gasteiger partial charge in [0.05, 0.1) is 11.6 Å². The van der Waals surface area contributed by atoms with Crippen molar-refractivity contribution < 1.29 is 19.1 Å². The van der Waals surface area contributed by atoms with Gasteiger partial charge >= 0.3 is 0 Å². The number of hydrogen-bond acceptors (Lipinski definition) is 5. The molecule has 3 aliphatic rings. The maximum absolute atomic E-state index is 12.6. The van der Waals surface area contributed by atoms with E-state index in [2.05, 4.69) is 4.90 Å². The quantitative estimate of drug-likeness (QED) is 0.682. The Morgan fingerprint density at radius 2 is 1.67 bits per heavy atom. The Kier molecular flexibility index (Phi) is 6.79. The van der Waals surface area contributed by atoms with Crippen LogP contribution in [0, 0.1) is 0 Å². The first-order chi connectivity index (χ1) is 14.6. The van der Waals surface area contributed by atoms with Gasteiger partial charge in [0.2, 0.25) is 11.8 Å². The van der Waals surface area contributed by atoms with Crippen LogP contribution in [0.25, 0.3) is 6.08 Å². The largest absolute Gasteiger partial charge is 0.486 e. The molecule has 0 spiro atoms. The minimum atomic E-state index is -0.0389. The summed E-state index contributed by atoms with van der Waals surface area (Å²) >= 11 is 6.25. The van der Waals surface area contributed by atoms with Crippen LogP contribution in [0.1, 0.15) is 24.8 Å². The van der Waals surface area contributed by atoms with E-state index in [-0.39, 0.29) is 11.8 Å². The highest BCUT2D eigenvalue weighted by Gasteiger charge is 2.24. The Morgan fingerprint density at radius 1 is 0.933 bits per heavy atom. The van der Waals surface area contributed by atoms with Gasteiger partial charge in [-0.15, -0.1) is 0 Å². The normalized spacial score (nSPS) is 19.9. The first-order valence-corrected chi connectivity index (χ1v) is 11.0. The van der Waals surface area contributed by atoms with E-state index in [9.17, 15) is 9.59 Å². The van der Waals surface area contributed by atoms with Crippen LogP contribution >= 0.6 is 11.6 Å². The molecule has 2 saturated heterocycles. The molecule has 2 fully saturated rings. The second-order valence-electron chi connectivity index (χ2n) is 7.90. The third-order valence-electron chi connectivity index (χ3n) is 5.79. The molecule has 0 unspecified atom stereocenters. The van der Waals surface area contributed by atoms with E-state index in [0.29, 0.717) is 49.4 Å². The fourth-order valence-corrected chi connectivity index (χ4v) is 4.33. The zero-order chi connectivity index (χ0) is 20.9. The summed E-state index contributed by atoms with van der Waals surface area (Å²) in [5, 5.41) is 0.478. The molecular weight excluding hydrogens is 406 g/mol. The smallest absolute Gasteiger partial charge is 0.246 e. The number of piperidine rings is 1. The van der Waals surface area contributed by atoms with Crippen molar-refractivity contribution in [2.45, 2.75) is 19.3 Å². The van der Waals surface area contributed by atoms with Crippen molar-refractivity contribution in [3.8, 4) is 11.5 Å². The number of nitrogens with zero attached hydrogens (tertiary/aromatic N) is 3. The predicted molar refractivity (Wildman–Crippen MR) is 115 cm³/mol. The van der Waals surface area contributed by atoms with E-state index in [1.165, 1.54) is 6.42 Å². The van der Waals surface area contributed by atoms with Crippen molar-refractivity contribution in [3.63, 3.8) is 0 Å². The van der Waals surface area contributed by atoms with Gasteiger partial charge in [0.25, 0.3) is 0 Å². The zero-order valence-electron chi connectivity index (χ0n) is 17.1. The molecule has 8 heteroatoms. The maximum atomic E-state index is 12.6. The third-order valence-corrected chi connectivity index (χ3v) is 6.07. The van der Waals surface area contributed by atoms with Gasteiger partial charge in [-0.25, -0.2) is 0 Å². The highest BCUT2D eigenvalue weighted by molar-refractivity contribution is 6.32. The average molecular weight is 434 g/mol. The van der Waals surface area contributed by atoms with Crippen LogP contribution in [-0.4, -0.2) is 85.5 Å². The number of hydrogen-bond donors (Lipinski definition) is 0. The zero-order valence-corrected chi connectivity index (χ0v) is 17.9. The Hall–Kier alpha value is -2.25. The van der Waals surface area contributed by atoms with Crippen LogP contribution in [-0.2, 0) is 9.59 Å². The molecular formula is C22H28ClN3O4. The molecule has 0 radical (unpaired) electrons. The van der Waals surface area contributed by atoms with Gasteiger partial charge in [-0.2, -0.15) is 0 Å². The number of amides is 2. The van der Waals surface area contributed by atoms with E-state index in [4.69, 9.17) is 21.1 Å². The number of likely N-dealkylation sites (tertiary alicyclic amines) is 1. The van der Waals surface area contributed by atoms with E-state index in [1.807, 2.05) is 15.9 Å². The van der Waals surface area contributed by atoms with E-state index in [1.54, 1.807) is 18.2 Å². The number of benzene rings is 1. The van der Waals surface area contributed by atoms with Crippen LogP contribution in [0.5, 0.6) is 11.5 Å². The highest BCUT2D eigenvalue weighted by atomic mass is 35.5. The minimum Gasteiger partial charge on any atom is -0.486 e. The topological polar surface area (TPSA) is 62.3 Å². The molecule has 0 aliphatic carbocycles. The van der Waals surface area contributed by atoms with E-state index >= 15 is 0 Å². The number of rotatable bonds is 4. The average Bonchev–Trinajstić information content (AvgIpc) is 2.78. The second kappa shape index (κ2) is 9.71. The van der Waals surface area contributed by atoms with Gasteiger partial charge in [-0.1, -0.05) is 11.6 Å². The molecule has 1 aromatic carbocycles. The minimum absolute atomic E-state index is 0.0389. The van der Waals surface area contributed by atoms with Gasteiger partial charge in [0.1, 0.15) is 13.2 Å². The number of piperazine rings is 1. The summed E-state index contributed by atoms with van der Waals surface area (Å²) in [5.41, 5.74) is 0.795. The van der Waals surface area contributed by atoms with Gasteiger partial charge in [-0.3, -0.25) is 14.5 Å². The molecule has 1 aromatic rings. The molecule has 3 heterocycles. The van der Waals surface area contributed by atoms with Gasteiger partial charge < -0.3 is 19.3 Å². The summed E-state index contributed by atoms with van der Waals surface area (Å²) < 4.78 is 11.1. The van der Waals surface area contributed by atoms with Gasteiger partial charge in [0, 0.05) is 45.3 Å². The summed E-state index contributed by atoms with van der Waals surface area (Å²) in [6, 6.07) is 3.59. The maximum Gasteiger partial charge on any atom is 0.246 e. The number of fused-ring (bicyclic) bond motifs is 1. The van der Waals surface area contributed by atoms with Crippen molar-refractivity contribution in [3.05, 3.63) is 28.8 Å². The van der Waals surface area contributed by atoms with Crippen molar-refractivity contribution in [1.82, 2.24) is 14.7 Å². The first kappa shape index (κ1) is 21.0. The Bertz CT molecular complexity index is 815. The number of carbonyl (C=O) groups is 2. The SMILES string of the molecule is O=C(/C=C/c1cc(Cl)c2c(c1)OCCO2)N1CCN(CC(=O)N2CCCCC2)CC1. The second-order valence-corrected chi connectivity index (χ2v) is 8.31. The lowest BCUT2D eigenvalue weighted by Crippen LogP contribution is -2.51. The van der Waals surface area contributed by atoms with Crippen LogP contribution in [0.4, 0.5) is 0 Å². The number of ether oxygens (including phenoxy) is 2. The highest BCUT2D eigenvalue weighted by Crippen LogP contribution is 2.38. The predicted octanol–water partition coefficient (Wildman–Crippen LogP) is 2.28. The third kappa shape index (κ3) is 5.08. The summed E-state index contributed by atoms with van der Waals surface area (Å²) in [6.07, 6.45) is 6.75. The van der Waals surface area contributed by atoms with Crippen molar-refractivity contribution >= 4 is 29.5 Å². The van der Waals surface area contributed by atoms with E-state index < -0.39 is 0 Å². The first-order valence-electron chi connectivity index (χ1n) is 10.7. The molecule has 7 nitrogen and oxygen atoms in total. The lowest BCUT2D eigenvalue weighted by Gasteiger charge is -2.35. The van der Waals surface area contributed by atoms with Gasteiger partial charge in [-0.05, 0) is 43.0 Å². The fourth-order valence-electron chi connectivity index (χ4n) is 4.06. The molecule has 0 atom stereocenters. The summed E-state index contributed by atoms with van der Waals surface area (Å²) in [4.78, 5) is 30.9. The van der Waals surface area contributed by atoms with Crippen molar-refractivity contribution in [2.24, 2.45) is 0 Å². The number of carbonyl (C=O) groups excluding carboxylic acids is 2. The summed E-state index contributed by atoms with van der Waals surface area (Å²) in [5.74, 6) is 1.34. The fraction of sp³-hybridized carbons (Fsp3) is 0.545. The summed E-state index contributed by atoms with van der Waals surface area (Å²) in [7, 11) is 0. The summed E-state index contributed by atoms with van der Waals surface area (Å²) in [6.45, 7) is 5.86. The monoisotopic (exact) mass is 433 g/mol. The van der Waals surface area contributed by atoms with Crippen molar-refractivity contribution in [2.75, 3.05) is 59.0 Å². The molecule has 3 aliphatic heterocycles. The lowest BCUT2D eigenvalue weighted by atomic mass is 10.1. The van der Waals surface area contributed by atoms with Crippen LogP contribution < -0.4 is 9.47 Å². The molecule has 0 aromatic heterocycles. The standard InChI is InChI=1S/C22H28ClN3O4/c23-18-14-17(15-19-22(18)30-13-12-29-19)4-5-20(27)26-10-8-24(9-11-26)16-21(28)25-6-2-1-3-7-25/h4-5,14-15H,1-3,6-13,16H2/b5-4+. The number of halogens is 1. The molecule has 30 heavy (non-hydrogen) atoms. The Labute approximate surface area is 182 Å². The molecule has 4 rings (SSSR count). The van der Waals surface area contributed by atoms with Crippen LogP contribution in [0.15, 0.2) is 18.2 Å². The van der Waals surface area contributed by atoms with Crippen molar-refractivity contribution in [1.29, 1.82) is 0 Å². The Morgan fingerprint density at radius 3 is 2.43 bits per heavy atom. The molecule has 0 bridgehead atoms. The Balaban J connectivity index is 1.27. The van der Waals surface area contributed by atoms with Gasteiger partial charge in [0.15, 0.2) is 11.5 Å². The lowest BCUT2D eigenvalue weighted by molar-refractivity contribution is -0.134. The van der Waals surface area contributed by atoms with Crippen LogP contribution in [0.3, 0.4) is 0 Å². The molecule has 0 N–H and O–H groups in total. The van der Waals surface area contributed by atoms with E-state index in [0.717, 1.165) is 44.6 Å². The molecule has 0 saturated carbocycles. The molecule has 162 valence electrons. The van der Waals surface area contributed by atoms with Crippen LogP contribution in [0.2, 0.25) is 5.02 Å². The molecule has 2 amide bonds.